The zero-order chi connectivity index (χ0) is 16.0. The van der Waals surface area contributed by atoms with Gasteiger partial charge in [-0.3, -0.25) is 14.3 Å². The summed E-state index contributed by atoms with van der Waals surface area (Å²) >= 11 is 0. The SMILES string of the molecule is COC1C(O)[C@H](n2cnc3c(=O)[nH]c(N)nc32)O[C@@H]1[C@@H](C)O. The summed E-state index contributed by atoms with van der Waals surface area (Å²) in [6.45, 7) is 1.54. The van der Waals surface area contributed by atoms with Gasteiger partial charge in [0.1, 0.15) is 18.3 Å². The monoisotopic (exact) mass is 311 g/mol. The van der Waals surface area contributed by atoms with Crippen LogP contribution in [0, 0.1) is 0 Å². The predicted molar refractivity (Wildman–Crippen MR) is 75.0 cm³/mol. The van der Waals surface area contributed by atoms with Crippen molar-refractivity contribution >= 4 is 17.1 Å². The zero-order valence-electron chi connectivity index (χ0n) is 12.0. The number of aromatic nitrogens is 4. The molecule has 3 heterocycles. The van der Waals surface area contributed by atoms with E-state index in [1.807, 2.05) is 0 Å². The maximum absolute atomic E-state index is 11.8. The number of imidazole rings is 1. The van der Waals surface area contributed by atoms with E-state index in [0.717, 1.165) is 0 Å². The first-order valence-electron chi connectivity index (χ1n) is 6.70. The maximum Gasteiger partial charge on any atom is 0.280 e. The maximum atomic E-state index is 11.8. The second-order valence-corrected chi connectivity index (χ2v) is 5.20. The third-order valence-corrected chi connectivity index (χ3v) is 3.72. The number of nitrogens with zero attached hydrogens (tertiary/aromatic N) is 3. The lowest BCUT2D eigenvalue weighted by molar-refractivity contribution is -0.0824. The van der Waals surface area contributed by atoms with Gasteiger partial charge in [0, 0.05) is 7.11 Å². The first kappa shape index (κ1) is 14.9. The lowest BCUT2D eigenvalue weighted by atomic mass is 10.1. The fraction of sp³-hybridized carbons (Fsp3) is 0.583. The van der Waals surface area contributed by atoms with Crippen LogP contribution in [0.1, 0.15) is 13.2 Å². The van der Waals surface area contributed by atoms with Crippen LogP contribution in [0.15, 0.2) is 11.1 Å². The van der Waals surface area contributed by atoms with Gasteiger partial charge >= 0.3 is 0 Å². The van der Waals surface area contributed by atoms with Crippen molar-refractivity contribution in [1.82, 2.24) is 19.5 Å². The Balaban J connectivity index is 2.06. The van der Waals surface area contributed by atoms with Gasteiger partial charge in [-0.05, 0) is 6.92 Å². The van der Waals surface area contributed by atoms with Gasteiger partial charge in [-0.25, -0.2) is 4.98 Å². The van der Waals surface area contributed by atoms with Gasteiger partial charge in [0.15, 0.2) is 17.4 Å². The standard InChI is InChI=1S/C12H17N5O5/c1-4(18)7-8(21-2)6(19)11(22-7)17-3-14-5-9(17)15-12(13)16-10(5)20/h3-4,6-8,11,18-19H,1-2H3,(H3,13,15,16,20)/t4-,6?,7-,8?,11-/m1/s1. The zero-order valence-corrected chi connectivity index (χ0v) is 12.0. The largest absolute Gasteiger partial charge is 0.391 e. The van der Waals surface area contributed by atoms with Gasteiger partial charge in [0.05, 0.1) is 12.4 Å². The molecule has 22 heavy (non-hydrogen) atoms. The van der Waals surface area contributed by atoms with E-state index in [-0.39, 0.29) is 17.1 Å². The van der Waals surface area contributed by atoms with Crippen LogP contribution >= 0.6 is 0 Å². The van der Waals surface area contributed by atoms with Crippen molar-refractivity contribution in [2.24, 2.45) is 0 Å². The number of ether oxygens (including phenoxy) is 2. The molecular weight excluding hydrogens is 294 g/mol. The van der Waals surface area contributed by atoms with Crippen LogP contribution in [0.5, 0.6) is 0 Å². The number of aromatic amines is 1. The topological polar surface area (TPSA) is 149 Å². The van der Waals surface area contributed by atoms with E-state index in [0.29, 0.717) is 0 Å². The minimum Gasteiger partial charge on any atom is -0.391 e. The Labute approximate surface area is 124 Å². The molecule has 1 fully saturated rings. The lowest BCUT2D eigenvalue weighted by Gasteiger charge is -2.20. The molecule has 2 unspecified atom stereocenters. The number of fused-ring (bicyclic) bond motifs is 1. The highest BCUT2D eigenvalue weighted by molar-refractivity contribution is 5.70. The molecule has 2 aromatic rings. The van der Waals surface area contributed by atoms with E-state index >= 15 is 0 Å². The summed E-state index contributed by atoms with van der Waals surface area (Å²) < 4.78 is 12.3. The fourth-order valence-electron chi connectivity index (χ4n) is 2.70. The number of nitrogens with one attached hydrogen (secondary N) is 1. The van der Waals surface area contributed by atoms with E-state index in [2.05, 4.69) is 15.0 Å². The van der Waals surface area contributed by atoms with Gasteiger partial charge in [-0.2, -0.15) is 4.98 Å². The Morgan fingerprint density at radius 1 is 1.59 bits per heavy atom. The summed E-state index contributed by atoms with van der Waals surface area (Å²) in [5.74, 6) is -0.0675. The Morgan fingerprint density at radius 2 is 2.32 bits per heavy atom. The van der Waals surface area contributed by atoms with Crippen LogP contribution in [-0.4, -0.2) is 61.3 Å². The number of rotatable bonds is 3. The second kappa shape index (κ2) is 5.32. The second-order valence-electron chi connectivity index (χ2n) is 5.20. The van der Waals surface area contributed by atoms with Crippen molar-refractivity contribution in [3.63, 3.8) is 0 Å². The van der Waals surface area contributed by atoms with Crippen molar-refractivity contribution in [2.45, 2.75) is 37.6 Å². The normalized spacial score (nSPS) is 30.0. The predicted octanol–water partition coefficient (Wildman–Crippen LogP) is -1.64. The van der Waals surface area contributed by atoms with Crippen LogP contribution in [0.4, 0.5) is 5.95 Å². The smallest absolute Gasteiger partial charge is 0.280 e. The summed E-state index contributed by atoms with van der Waals surface area (Å²) in [6, 6.07) is 0. The molecule has 5 N–H and O–H groups in total. The molecule has 0 aromatic carbocycles. The molecule has 0 saturated carbocycles. The number of nitrogen functional groups attached to an aromatic ring is 1. The third kappa shape index (κ3) is 2.16. The first-order valence-corrected chi connectivity index (χ1v) is 6.70. The highest BCUT2D eigenvalue weighted by atomic mass is 16.6. The summed E-state index contributed by atoms with van der Waals surface area (Å²) in [4.78, 5) is 22.1. The average Bonchev–Trinajstić information content (AvgIpc) is 2.99. The Bertz CT molecular complexity index is 741. The Morgan fingerprint density at radius 3 is 2.91 bits per heavy atom. The van der Waals surface area contributed by atoms with Crippen LogP contribution in [0.3, 0.4) is 0 Å². The quantitative estimate of drug-likeness (QED) is 0.527. The van der Waals surface area contributed by atoms with E-state index in [9.17, 15) is 15.0 Å². The highest BCUT2D eigenvalue weighted by Gasteiger charge is 2.47. The molecule has 0 radical (unpaired) electrons. The van der Waals surface area contributed by atoms with Gasteiger partial charge < -0.3 is 25.4 Å². The fourth-order valence-corrected chi connectivity index (χ4v) is 2.70. The van der Waals surface area contributed by atoms with Crippen molar-refractivity contribution in [1.29, 1.82) is 0 Å². The summed E-state index contributed by atoms with van der Waals surface area (Å²) in [5, 5.41) is 20.1. The molecule has 5 atom stereocenters. The van der Waals surface area contributed by atoms with Crippen molar-refractivity contribution in [3.05, 3.63) is 16.7 Å². The molecule has 3 rings (SSSR count). The number of aliphatic hydroxyl groups excluding tert-OH is 2. The highest BCUT2D eigenvalue weighted by Crippen LogP contribution is 2.33. The van der Waals surface area contributed by atoms with Crippen LogP contribution in [0.25, 0.3) is 11.2 Å². The molecule has 10 nitrogen and oxygen atoms in total. The van der Waals surface area contributed by atoms with Gasteiger partial charge in [0.2, 0.25) is 5.95 Å². The van der Waals surface area contributed by atoms with Crippen molar-refractivity contribution in [3.8, 4) is 0 Å². The molecule has 2 aromatic heterocycles. The number of methoxy groups -OCH3 is 1. The summed E-state index contributed by atoms with van der Waals surface area (Å²) in [5.41, 5.74) is 5.33. The van der Waals surface area contributed by atoms with E-state index in [4.69, 9.17) is 15.2 Å². The minimum atomic E-state index is -1.07. The molecule has 0 aliphatic carbocycles. The molecule has 1 aliphatic heterocycles. The van der Waals surface area contributed by atoms with Gasteiger partial charge in [0.25, 0.3) is 5.56 Å². The lowest BCUT2D eigenvalue weighted by Crippen LogP contribution is -2.38. The first-order chi connectivity index (χ1) is 10.4. The Hall–Kier alpha value is -2.01. The van der Waals surface area contributed by atoms with Crippen LogP contribution in [0.2, 0.25) is 0 Å². The average molecular weight is 311 g/mol. The van der Waals surface area contributed by atoms with E-state index in [1.165, 1.54) is 18.0 Å². The number of hydrogen-bond acceptors (Lipinski definition) is 8. The molecule has 1 saturated heterocycles. The van der Waals surface area contributed by atoms with Crippen LogP contribution in [-0.2, 0) is 9.47 Å². The number of hydrogen-bond donors (Lipinski definition) is 4. The number of aliphatic hydroxyl groups is 2. The molecule has 0 bridgehead atoms. The molecule has 0 amide bonds. The number of H-pyrrole nitrogens is 1. The Kier molecular flexibility index (Phi) is 3.60. The van der Waals surface area contributed by atoms with E-state index in [1.54, 1.807) is 6.92 Å². The molecule has 120 valence electrons. The van der Waals surface area contributed by atoms with Gasteiger partial charge in [-0.15, -0.1) is 0 Å². The molecule has 0 spiro atoms. The van der Waals surface area contributed by atoms with E-state index < -0.39 is 36.2 Å². The van der Waals surface area contributed by atoms with Crippen molar-refractivity contribution < 1.29 is 19.7 Å². The molecular formula is C12H17N5O5. The number of nitrogens with two attached hydrogens (primary N) is 1. The summed E-state index contributed by atoms with van der Waals surface area (Å²) in [6.07, 6.45) is -2.92. The summed E-state index contributed by atoms with van der Waals surface area (Å²) in [7, 11) is 1.42. The van der Waals surface area contributed by atoms with Gasteiger partial charge in [-0.1, -0.05) is 0 Å². The van der Waals surface area contributed by atoms with Crippen LogP contribution < -0.4 is 11.3 Å². The molecule has 1 aliphatic rings. The minimum absolute atomic E-state index is 0.0675. The third-order valence-electron chi connectivity index (χ3n) is 3.72. The molecule has 10 heteroatoms. The van der Waals surface area contributed by atoms with Crippen molar-refractivity contribution in [2.75, 3.05) is 12.8 Å². The number of anilines is 1.